The number of rotatable bonds is 4. The van der Waals surface area contributed by atoms with Gasteiger partial charge in [0, 0.05) is 28.1 Å². The summed E-state index contributed by atoms with van der Waals surface area (Å²) >= 11 is 4.68. The van der Waals surface area contributed by atoms with Gasteiger partial charge in [-0.1, -0.05) is 23.9 Å². The summed E-state index contributed by atoms with van der Waals surface area (Å²) in [6.07, 6.45) is 0. The Morgan fingerprint density at radius 2 is 2.03 bits per heavy atom. The van der Waals surface area contributed by atoms with Crippen molar-refractivity contribution in [2.24, 2.45) is 0 Å². The van der Waals surface area contributed by atoms with Gasteiger partial charge in [0.2, 0.25) is 5.91 Å². The van der Waals surface area contributed by atoms with Crippen LogP contribution in [-0.4, -0.2) is 33.5 Å². The number of nitrogens with zero attached hydrogens (tertiary/aromatic N) is 3. The van der Waals surface area contributed by atoms with Crippen molar-refractivity contribution in [1.29, 1.82) is 0 Å². The molecule has 29 heavy (non-hydrogen) atoms. The number of para-hydroxylation sites is 1. The number of fused-ring (bicyclic) bond motifs is 2. The number of thioether (sulfide) groups is 2. The Hall–Kier alpha value is -1.77. The Morgan fingerprint density at radius 1 is 1.28 bits per heavy atom. The number of aryl methyl sites for hydroxylation is 2. The number of benzene rings is 1. The number of hydrogen-bond donors (Lipinski definition) is 0. The van der Waals surface area contributed by atoms with E-state index in [2.05, 4.69) is 6.07 Å². The maximum atomic E-state index is 13.2. The molecule has 0 unspecified atom stereocenters. The fraction of sp³-hybridized carbons (Fsp3) is 0.381. The molecule has 1 aliphatic rings. The molecule has 2 aromatic heterocycles. The lowest BCUT2D eigenvalue weighted by Crippen LogP contribution is -2.36. The second-order valence-electron chi connectivity index (χ2n) is 7.28. The van der Waals surface area contributed by atoms with Crippen molar-refractivity contribution < 1.29 is 4.79 Å². The van der Waals surface area contributed by atoms with Gasteiger partial charge in [-0.05, 0) is 45.4 Å². The van der Waals surface area contributed by atoms with Gasteiger partial charge in [0.05, 0.1) is 16.8 Å². The summed E-state index contributed by atoms with van der Waals surface area (Å²) in [5.74, 6) is 1.20. The Balaban J connectivity index is 1.64. The molecule has 4 rings (SSSR count). The van der Waals surface area contributed by atoms with Gasteiger partial charge in [-0.2, -0.15) is 0 Å². The normalized spacial score (nSPS) is 13.9. The summed E-state index contributed by atoms with van der Waals surface area (Å²) in [6.45, 7) is 8.65. The van der Waals surface area contributed by atoms with Gasteiger partial charge < -0.3 is 4.90 Å². The number of carbonyl (C=O) groups is 1. The van der Waals surface area contributed by atoms with E-state index in [1.165, 1.54) is 11.8 Å². The fourth-order valence-corrected chi connectivity index (χ4v) is 6.55. The second kappa shape index (κ2) is 8.16. The molecule has 3 heterocycles. The topological polar surface area (TPSA) is 55.2 Å². The zero-order valence-electron chi connectivity index (χ0n) is 16.9. The van der Waals surface area contributed by atoms with E-state index in [1.807, 2.05) is 50.8 Å². The minimum absolute atomic E-state index is 0.0125. The highest BCUT2D eigenvalue weighted by atomic mass is 32.2. The van der Waals surface area contributed by atoms with Crippen LogP contribution in [0.25, 0.3) is 10.2 Å². The third kappa shape index (κ3) is 3.73. The van der Waals surface area contributed by atoms with Gasteiger partial charge in [0.15, 0.2) is 5.16 Å². The lowest BCUT2D eigenvalue weighted by atomic mass is 10.2. The molecular formula is C21H23N3O2S3. The van der Waals surface area contributed by atoms with Crippen molar-refractivity contribution in [3.8, 4) is 0 Å². The first kappa shape index (κ1) is 20.5. The van der Waals surface area contributed by atoms with Gasteiger partial charge in [0.1, 0.15) is 4.83 Å². The second-order valence-corrected chi connectivity index (χ2v) is 10.6. The lowest BCUT2D eigenvalue weighted by molar-refractivity contribution is -0.116. The first-order valence-corrected chi connectivity index (χ1v) is 12.3. The molecule has 0 atom stereocenters. The smallest absolute Gasteiger partial charge is 0.263 e. The number of carbonyl (C=O) groups excluding carboxylic acids is 1. The van der Waals surface area contributed by atoms with Gasteiger partial charge >= 0.3 is 0 Å². The maximum absolute atomic E-state index is 13.2. The van der Waals surface area contributed by atoms with Crippen molar-refractivity contribution in [1.82, 2.24) is 9.55 Å². The quantitative estimate of drug-likeness (QED) is 0.423. The predicted octanol–water partition coefficient (Wildman–Crippen LogP) is 4.89. The number of thiophene rings is 1. The van der Waals surface area contributed by atoms with Crippen LogP contribution in [0.3, 0.4) is 0 Å². The Kier molecular flexibility index (Phi) is 5.77. The van der Waals surface area contributed by atoms with Gasteiger partial charge in [-0.25, -0.2) is 4.98 Å². The number of amides is 1. The molecule has 5 nitrogen and oxygen atoms in total. The molecule has 0 bridgehead atoms. The average molecular weight is 446 g/mol. The zero-order valence-corrected chi connectivity index (χ0v) is 19.3. The van der Waals surface area contributed by atoms with Gasteiger partial charge in [-0.3, -0.25) is 14.2 Å². The molecule has 8 heteroatoms. The summed E-state index contributed by atoms with van der Waals surface area (Å²) < 4.78 is 1.72. The first-order valence-electron chi connectivity index (χ1n) is 9.55. The van der Waals surface area contributed by atoms with E-state index >= 15 is 0 Å². The minimum Gasteiger partial charge on any atom is -0.310 e. The van der Waals surface area contributed by atoms with Crippen LogP contribution in [0.5, 0.6) is 0 Å². The highest BCUT2D eigenvalue weighted by Crippen LogP contribution is 2.35. The van der Waals surface area contributed by atoms with Crippen molar-refractivity contribution >= 4 is 56.7 Å². The molecule has 1 amide bonds. The standard InChI is InChI=1S/C21H23N3O2S3/c1-12(2)24-20(26)18-13(3)14(4)29-19(18)22-21(24)28-11-17(25)23-9-10-27-16-8-6-5-7-15(16)23/h5-8,12H,9-11H2,1-4H3. The summed E-state index contributed by atoms with van der Waals surface area (Å²) in [4.78, 5) is 35.8. The van der Waals surface area contributed by atoms with Crippen LogP contribution in [-0.2, 0) is 4.79 Å². The van der Waals surface area contributed by atoms with E-state index in [1.54, 1.807) is 27.7 Å². The summed E-state index contributed by atoms with van der Waals surface area (Å²) in [5, 5.41) is 1.32. The zero-order chi connectivity index (χ0) is 20.7. The largest absolute Gasteiger partial charge is 0.310 e. The van der Waals surface area contributed by atoms with E-state index in [0.717, 1.165) is 31.6 Å². The van der Waals surface area contributed by atoms with Crippen LogP contribution in [0.15, 0.2) is 39.1 Å². The highest BCUT2D eigenvalue weighted by molar-refractivity contribution is 8.00. The van der Waals surface area contributed by atoms with Crippen LogP contribution in [0.1, 0.15) is 30.3 Å². The molecular weight excluding hydrogens is 422 g/mol. The Morgan fingerprint density at radius 3 is 2.79 bits per heavy atom. The van der Waals surface area contributed by atoms with Crippen molar-refractivity contribution in [3.05, 3.63) is 45.1 Å². The molecule has 0 N–H and O–H groups in total. The minimum atomic E-state index is -0.0243. The molecule has 1 aliphatic heterocycles. The van der Waals surface area contributed by atoms with E-state index in [4.69, 9.17) is 4.98 Å². The molecule has 3 aromatic rings. The van der Waals surface area contributed by atoms with E-state index in [0.29, 0.717) is 17.1 Å². The maximum Gasteiger partial charge on any atom is 0.263 e. The fourth-order valence-electron chi connectivity index (χ4n) is 3.48. The van der Waals surface area contributed by atoms with E-state index in [-0.39, 0.29) is 23.3 Å². The summed E-state index contributed by atoms with van der Waals surface area (Å²) in [7, 11) is 0. The molecule has 0 radical (unpaired) electrons. The van der Waals surface area contributed by atoms with Crippen LogP contribution < -0.4 is 10.5 Å². The Bertz CT molecular complexity index is 1150. The highest BCUT2D eigenvalue weighted by Gasteiger charge is 2.24. The van der Waals surface area contributed by atoms with Crippen molar-refractivity contribution in [3.63, 3.8) is 0 Å². The third-order valence-corrected chi connectivity index (χ3v) is 8.15. The Labute approximate surface area is 182 Å². The number of aromatic nitrogens is 2. The van der Waals surface area contributed by atoms with E-state index in [9.17, 15) is 9.59 Å². The SMILES string of the molecule is Cc1sc2nc(SCC(=O)N3CCSc4ccccc43)n(C(C)C)c(=O)c2c1C. The number of anilines is 1. The van der Waals surface area contributed by atoms with Crippen molar-refractivity contribution in [2.75, 3.05) is 23.0 Å². The van der Waals surface area contributed by atoms with E-state index < -0.39 is 0 Å². The van der Waals surface area contributed by atoms with Crippen LogP contribution in [0.4, 0.5) is 5.69 Å². The molecule has 0 saturated carbocycles. The first-order chi connectivity index (χ1) is 13.9. The van der Waals surface area contributed by atoms with Crippen LogP contribution >= 0.6 is 34.9 Å². The average Bonchev–Trinajstić information content (AvgIpc) is 2.99. The third-order valence-electron chi connectivity index (χ3n) is 5.07. The number of hydrogen-bond acceptors (Lipinski definition) is 6. The summed E-state index contributed by atoms with van der Waals surface area (Å²) in [6, 6.07) is 7.99. The molecule has 152 valence electrons. The lowest BCUT2D eigenvalue weighted by Gasteiger charge is -2.29. The van der Waals surface area contributed by atoms with Crippen LogP contribution in [0.2, 0.25) is 0 Å². The van der Waals surface area contributed by atoms with Gasteiger partial charge in [-0.15, -0.1) is 23.1 Å². The molecule has 0 fully saturated rings. The summed E-state index contributed by atoms with van der Waals surface area (Å²) in [5.41, 5.74) is 1.97. The monoisotopic (exact) mass is 445 g/mol. The molecule has 0 spiro atoms. The predicted molar refractivity (Wildman–Crippen MR) is 124 cm³/mol. The molecule has 0 saturated heterocycles. The molecule has 1 aromatic carbocycles. The van der Waals surface area contributed by atoms with Gasteiger partial charge in [0.25, 0.3) is 5.56 Å². The van der Waals surface area contributed by atoms with Crippen molar-refractivity contribution in [2.45, 2.75) is 43.8 Å². The molecule has 0 aliphatic carbocycles. The van der Waals surface area contributed by atoms with Crippen LogP contribution in [0, 0.1) is 13.8 Å².